The molecule has 2 N–H and O–H groups in total. The Morgan fingerprint density at radius 1 is 1.07 bits per heavy atom. The van der Waals surface area contributed by atoms with Crippen LogP contribution in [0.25, 0.3) is 11.3 Å². The van der Waals surface area contributed by atoms with Gasteiger partial charge in [0.25, 0.3) is 0 Å². The molecule has 10 nitrogen and oxygen atoms in total. The van der Waals surface area contributed by atoms with E-state index in [2.05, 4.69) is 30.2 Å². The van der Waals surface area contributed by atoms with Gasteiger partial charge >= 0.3 is 5.97 Å². The molecule has 0 unspecified atom stereocenters. The van der Waals surface area contributed by atoms with Crippen LogP contribution < -0.4 is 10.1 Å². The molecule has 4 heterocycles. The number of likely N-dealkylation sites (tertiary alicyclic amines) is 1. The summed E-state index contributed by atoms with van der Waals surface area (Å²) in [5.41, 5.74) is 2.50. The van der Waals surface area contributed by atoms with Gasteiger partial charge in [-0.2, -0.15) is 0 Å². The van der Waals surface area contributed by atoms with Crippen molar-refractivity contribution in [3.05, 3.63) is 76.6 Å². The summed E-state index contributed by atoms with van der Waals surface area (Å²) in [6, 6.07) is 9.27. The fourth-order valence-corrected chi connectivity index (χ4v) is 5.14. The normalized spacial score (nSPS) is 14.2. The summed E-state index contributed by atoms with van der Waals surface area (Å²) >= 11 is 12.6. The maximum absolute atomic E-state index is 11.7. The summed E-state index contributed by atoms with van der Waals surface area (Å²) in [7, 11) is 1.44. The fraction of sp³-hybridized carbons (Fsp3) is 0.321. The van der Waals surface area contributed by atoms with Crippen molar-refractivity contribution in [2.24, 2.45) is 5.92 Å². The molecule has 0 saturated carbocycles. The average Bonchev–Trinajstić information content (AvgIpc) is 3.47. The molecule has 0 atom stereocenters. The van der Waals surface area contributed by atoms with Gasteiger partial charge in [-0.1, -0.05) is 23.2 Å². The Morgan fingerprint density at radius 3 is 2.50 bits per heavy atom. The minimum atomic E-state index is -0.149. The average molecular weight is 582 g/mol. The molecule has 0 radical (unpaired) electrons. The number of aromatic nitrogens is 5. The molecule has 1 fully saturated rings. The van der Waals surface area contributed by atoms with Crippen LogP contribution in [-0.4, -0.2) is 56.0 Å². The number of anilines is 1. The van der Waals surface area contributed by atoms with Gasteiger partial charge in [0, 0.05) is 47.0 Å². The number of methoxy groups -OCH3 is 1. The monoisotopic (exact) mass is 581 g/mol. The molecule has 1 saturated heterocycles. The van der Waals surface area contributed by atoms with Gasteiger partial charge in [-0.15, -0.1) is 0 Å². The van der Waals surface area contributed by atoms with Crippen molar-refractivity contribution in [3.63, 3.8) is 0 Å². The van der Waals surface area contributed by atoms with Gasteiger partial charge in [0.1, 0.15) is 5.82 Å². The van der Waals surface area contributed by atoms with E-state index in [0.29, 0.717) is 58.7 Å². The van der Waals surface area contributed by atoms with E-state index >= 15 is 0 Å². The van der Waals surface area contributed by atoms with Crippen molar-refractivity contribution < 1.29 is 14.3 Å². The molecule has 12 heteroatoms. The molecule has 3 aromatic heterocycles. The second-order valence-electron chi connectivity index (χ2n) is 9.59. The van der Waals surface area contributed by atoms with E-state index in [4.69, 9.17) is 37.7 Å². The number of nitrogens with one attached hydrogen (secondary N) is 2. The van der Waals surface area contributed by atoms with Crippen LogP contribution >= 0.6 is 23.2 Å². The zero-order chi connectivity index (χ0) is 27.9. The largest absolute Gasteiger partial charge is 0.469 e. The molecular weight excluding hydrogens is 553 g/mol. The lowest BCUT2D eigenvalue weighted by atomic mass is 9.93. The SMILES string of the molecule is COC(=O)CC1CCN(Cc2cc(Oc3cnc(NCc4ncc[nH]4)nc3)nc(-c3cc(Cl)cc(Cl)c3)c2)CC1. The Kier molecular flexibility index (Phi) is 9.10. The summed E-state index contributed by atoms with van der Waals surface area (Å²) < 4.78 is 10.9. The number of nitrogens with zero attached hydrogens (tertiary/aromatic N) is 5. The molecule has 0 bridgehead atoms. The van der Waals surface area contributed by atoms with Crippen LogP contribution in [0.2, 0.25) is 10.0 Å². The number of esters is 1. The van der Waals surface area contributed by atoms with Gasteiger partial charge in [0.05, 0.1) is 31.7 Å². The van der Waals surface area contributed by atoms with Gasteiger partial charge in [0.15, 0.2) is 5.75 Å². The second kappa shape index (κ2) is 13.1. The Bertz CT molecular complexity index is 1410. The number of hydrogen-bond donors (Lipinski definition) is 2. The third-order valence-electron chi connectivity index (χ3n) is 6.64. The molecular formula is C28H29Cl2N7O3. The lowest BCUT2D eigenvalue weighted by Gasteiger charge is -2.31. The quantitative estimate of drug-likeness (QED) is 0.226. The second-order valence-corrected chi connectivity index (χ2v) is 10.5. The van der Waals surface area contributed by atoms with Gasteiger partial charge in [0.2, 0.25) is 11.8 Å². The molecule has 4 aromatic rings. The lowest BCUT2D eigenvalue weighted by molar-refractivity contribution is -0.142. The van der Waals surface area contributed by atoms with Crippen molar-refractivity contribution in [2.75, 3.05) is 25.5 Å². The number of carbonyl (C=O) groups is 1. The van der Waals surface area contributed by atoms with E-state index in [1.54, 1.807) is 30.9 Å². The van der Waals surface area contributed by atoms with Crippen LogP contribution in [0.5, 0.6) is 11.6 Å². The molecule has 1 aliphatic rings. The summed E-state index contributed by atoms with van der Waals surface area (Å²) in [5.74, 6) is 2.29. The highest BCUT2D eigenvalue weighted by atomic mass is 35.5. The van der Waals surface area contributed by atoms with Crippen LogP contribution in [-0.2, 0) is 22.6 Å². The van der Waals surface area contributed by atoms with Crippen molar-refractivity contribution in [1.29, 1.82) is 0 Å². The van der Waals surface area contributed by atoms with Gasteiger partial charge < -0.3 is 19.8 Å². The predicted molar refractivity (Wildman–Crippen MR) is 152 cm³/mol. The molecule has 40 heavy (non-hydrogen) atoms. The first-order valence-corrected chi connectivity index (χ1v) is 13.7. The molecule has 208 valence electrons. The number of hydrogen-bond acceptors (Lipinski definition) is 9. The Balaban J connectivity index is 1.31. The number of imidazole rings is 1. The lowest BCUT2D eigenvalue weighted by Crippen LogP contribution is -2.34. The van der Waals surface area contributed by atoms with E-state index < -0.39 is 0 Å². The van der Waals surface area contributed by atoms with Crippen molar-refractivity contribution in [3.8, 4) is 22.9 Å². The maximum Gasteiger partial charge on any atom is 0.305 e. The number of H-pyrrole nitrogens is 1. The number of halogens is 2. The molecule has 0 spiro atoms. The molecule has 0 aliphatic carbocycles. The van der Waals surface area contributed by atoms with Gasteiger partial charge in [-0.3, -0.25) is 9.69 Å². The van der Waals surface area contributed by atoms with E-state index in [0.717, 1.165) is 42.9 Å². The highest BCUT2D eigenvalue weighted by molar-refractivity contribution is 6.35. The number of ether oxygens (including phenoxy) is 2. The zero-order valence-corrected chi connectivity index (χ0v) is 23.5. The topological polar surface area (TPSA) is 118 Å². The van der Waals surface area contributed by atoms with Crippen LogP contribution in [0.1, 0.15) is 30.7 Å². The third kappa shape index (κ3) is 7.68. The number of carbonyl (C=O) groups excluding carboxylic acids is 1. The van der Waals surface area contributed by atoms with Gasteiger partial charge in [-0.25, -0.2) is 19.9 Å². The smallest absolute Gasteiger partial charge is 0.305 e. The minimum absolute atomic E-state index is 0.149. The molecule has 1 aromatic carbocycles. The van der Waals surface area contributed by atoms with E-state index in [-0.39, 0.29) is 5.97 Å². The summed E-state index contributed by atoms with van der Waals surface area (Å²) in [6.45, 7) is 2.96. The van der Waals surface area contributed by atoms with Crippen LogP contribution in [0.15, 0.2) is 55.1 Å². The van der Waals surface area contributed by atoms with Crippen LogP contribution in [0.3, 0.4) is 0 Å². The number of benzene rings is 1. The highest BCUT2D eigenvalue weighted by Gasteiger charge is 2.22. The van der Waals surface area contributed by atoms with Gasteiger partial charge in [-0.05, 0) is 61.7 Å². The first-order valence-electron chi connectivity index (χ1n) is 12.9. The number of piperidine rings is 1. The summed E-state index contributed by atoms with van der Waals surface area (Å²) in [6.07, 6.45) is 8.98. The Labute approximate surface area is 242 Å². The van der Waals surface area contributed by atoms with Crippen molar-refractivity contribution in [1.82, 2.24) is 29.8 Å². The standard InChI is InChI=1S/C28H29Cl2N7O3/c1-39-27(38)10-18-2-6-37(7-3-18)17-19-8-24(20-11-21(29)13-22(30)12-20)36-26(9-19)40-23-14-33-28(34-15-23)35-16-25-31-4-5-32-25/h4-5,8-9,11-15,18H,2-3,6-7,10,16-17H2,1H3,(H,31,32)(H,33,34,35). The Hall–Kier alpha value is -3.73. The highest BCUT2D eigenvalue weighted by Crippen LogP contribution is 2.31. The first-order chi connectivity index (χ1) is 19.4. The first kappa shape index (κ1) is 27.8. The number of pyridine rings is 1. The van der Waals surface area contributed by atoms with Crippen molar-refractivity contribution >= 4 is 35.1 Å². The summed E-state index contributed by atoms with van der Waals surface area (Å²) in [5, 5.41) is 4.16. The van der Waals surface area contributed by atoms with Crippen LogP contribution in [0, 0.1) is 5.92 Å². The van der Waals surface area contributed by atoms with E-state index in [9.17, 15) is 4.79 Å². The Morgan fingerprint density at radius 2 is 1.82 bits per heavy atom. The molecule has 5 rings (SSSR count). The molecule has 1 aliphatic heterocycles. The number of rotatable bonds is 10. The van der Waals surface area contributed by atoms with E-state index in [1.165, 1.54) is 7.11 Å². The van der Waals surface area contributed by atoms with Crippen molar-refractivity contribution in [2.45, 2.75) is 32.4 Å². The van der Waals surface area contributed by atoms with Crippen LogP contribution in [0.4, 0.5) is 5.95 Å². The fourth-order valence-electron chi connectivity index (χ4n) is 4.62. The zero-order valence-electron chi connectivity index (χ0n) is 21.9. The summed E-state index contributed by atoms with van der Waals surface area (Å²) in [4.78, 5) is 34.6. The minimum Gasteiger partial charge on any atom is -0.469 e. The third-order valence-corrected chi connectivity index (χ3v) is 7.07. The van der Waals surface area contributed by atoms with E-state index in [1.807, 2.05) is 24.3 Å². The predicted octanol–water partition coefficient (Wildman–Crippen LogP) is 5.75. The number of aromatic amines is 1. The maximum atomic E-state index is 11.7. The molecule has 0 amide bonds.